The fraction of sp³-hybridized carbons (Fsp3) is 0.312. The van der Waals surface area contributed by atoms with Crippen molar-refractivity contribution in [3.63, 3.8) is 0 Å². The second-order valence-electron chi connectivity index (χ2n) is 5.65. The zero-order valence-electron chi connectivity index (χ0n) is 11.9. The number of hydrogen-bond donors (Lipinski definition) is 1. The molecule has 1 saturated heterocycles. The highest BCUT2D eigenvalue weighted by molar-refractivity contribution is 7.33. The number of piperazine rings is 1. The summed E-state index contributed by atoms with van der Waals surface area (Å²) >= 11 is 3.43. The van der Waals surface area contributed by atoms with Crippen LogP contribution in [0.3, 0.4) is 0 Å². The van der Waals surface area contributed by atoms with Gasteiger partial charge in [-0.3, -0.25) is 4.79 Å². The molecule has 0 saturated carbocycles. The summed E-state index contributed by atoms with van der Waals surface area (Å²) in [6.45, 7) is 3.84. The van der Waals surface area contributed by atoms with Crippen LogP contribution in [0.2, 0.25) is 0 Å². The van der Waals surface area contributed by atoms with Gasteiger partial charge in [0.1, 0.15) is 0 Å². The van der Waals surface area contributed by atoms with Gasteiger partial charge in [-0.05, 0) is 12.1 Å². The molecule has 0 aliphatic carbocycles. The first-order chi connectivity index (χ1) is 10.2. The number of nitrogens with one attached hydrogen (secondary N) is 1. The van der Waals surface area contributed by atoms with Gasteiger partial charge in [0.05, 0.1) is 42.8 Å². The van der Waals surface area contributed by atoms with E-state index in [0.29, 0.717) is 0 Å². The molecule has 2 aromatic heterocycles. The van der Waals surface area contributed by atoms with Crippen molar-refractivity contribution in [2.75, 3.05) is 33.2 Å². The normalized spacial score (nSPS) is 16.9. The van der Waals surface area contributed by atoms with E-state index in [1.54, 1.807) is 22.7 Å². The Hall–Kier alpha value is -1.43. The van der Waals surface area contributed by atoms with Crippen LogP contribution in [-0.2, 0) is 0 Å². The molecule has 3 heterocycles. The molecular weight excluding hydrogens is 300 g/mol. The minimum absolute atomic E-state index is 0.208. The molecule has 0 bridgehead atoms. The number of quaternary nitrogens is 1. The van der Waals surface area contributed by atoms with Gasteiger partial charge < -0.3 is 9.80 Å². The van der Waals surface area contributed by atoms with Crippen molar-refractivity contribution in [1.29, 1.82) is 0 Å². The summed E-state index contributed by atoms with van der Waals surface area (Å²) in [5.41, 5.74) is 0. The van der Waals surface area contributed by atoms with Crippen LogP contribution >= 0.6 is 22.7 Å². The highest BCUT2D eigenvalue weighted by Gasteiger charge is 2.24. The minimum Gasteiger partial charge on any atom is -0.334 e. The number of hydrogen-bond acceptors (Lipinski definition) is 3. The molecule has 0 spiro atoms. The van der Waals surface area contributed by atoms with Crippen LogP contribution in [0.4, 0.5) is 0 Å². The quantitative estimate of drug-likeness (QED) is 0.730. The Morgan fingerprint density at radius 3 is 2.71 bits per heavy atom. The average molecular weight is 317 g/mol. The summed E-state index contributed by atoms with van der Waals surface area (Å²) in [5.74, 6) is 0.208. The van der Waals surface area contributed by atoms with Crippen molar-refractivity contribution in [3.05, 3.63) is 35.2 Å². The van der Waals surface area contributed by atoms with Crippen molar-refractivity contribution in [1.82, 2.24) is 4.90 Å². The molecule has 0 unspecified atom stereocenters. The van der Waals surface area contributed by atoms with Crippen molar-refractivity contribution in [2.24, 2.45) is 0 Å². The SMILES string of the molecule is C[NH+]1CCN(C(=O)c2cc3sc4ccccc4c3s2)CC1. The lowest BCUT2D eigenvalue weighted by Gasteiger charge is -2.29. The Labute approximate surface area is 131 Å². The Bertz CT molecular complexity index is 812. The van der Waals surface area contributed by atoms with E-state index in [4.69, 9.17) is 0 Å². The van der Waals surface area contributed by atoms with Gasteiger partial charge in [-0.2, -0.15) is 0 Å². The molecule has 108 valence electrons. The third-order valence-electron chi connectivity index (χ3n) is 4.16. The van der Waals surface area contributed by atoms with E-state index in [1.165, 1.54) is 24.4 Å². The van der Waals surface area contributed by atoms with Crippen molar-refractivity contribution in [2.45, 2.75) is 0 Å². The molecule has 4 rings (SSSR count). The molecule has 21 heavy (non-hydrogen) atoms. The lowest BCUT2D eigenvalue weighted by Crippen LogP contribution is -3.12. The lowest BCUT2D eigenvalue weighted by atomic mass is 10.2. The van der Waals surface area contributed by atoms with Crippen molar-refractivity contribution >= 4 is 48.1 Å². The van der Waals surface area contributed by atoms with E-state index in [2.05, 4.69) is 37.4 Å². The largest absolute Gasteiger partial charge is 0.334 e. The maximum Gasteiger partial charge on any atom is 0.264 e. The summed E-state index contributed by atoms with van der Waals surface area (Å²) < 4.78 is 3.81. The molecule has 3 aromatic rings. The first-order valence-electron chi connectivity index (χ1n) is 7.24. The maximum atomic E-state index is 12.6. The van der Waals surface area contributed by atoms with Gasteiger partial charge in [-0.25, -0.2) is 0 Å². The van der Waals surface area contributed by atoms with Gasteiger partial charge in [0.15, 0.2) is 0 Å². The van der Waals surface area contributed by atoms with Gasteiger partial charge in [-0.15, -0.1) is 22.7 Å². The maximum absolute atomic E-state index is 12.6. The molecule has 1 fully saturated rings. The van der Waals surface area contributed by atoms with Gasteiger partial charge in [-0.1, -0.05) is 18.2 Å². The third-order valence-corrected chi connectivity index (χ3v) is 6.57. The number of fused-ring (bicyclic) bond motifs is 3. The molecule has 1 aliphatic rings. The van der Waals surface area contributed by atoms with E-state index in [-0.39, 0.29) is 5.91 Å². The van der Waals surface area contributed by atoms with E-state index >= 15 is 0 Å². The highest BCUT2D eigenvalue weighted by Crippen LogP contribution is 2.39. The topological polar surface area (TPSA) is 24.8 Å². The standard InChI is InChI=1S/C16H16N2OS2/c1-17-6-8-18(9-7-17)16(19)14-10-13-15(21-14)11-4-2-3-5-12(11)20-13/h2-5,10H,6-9H2,1H3/p+1. The number of likely N-dealkylation sites (N-methyl/N-ethyl adjacent to an activating group) is 1. The first-order valence-corrected chi connectivity index (χ1v) is 8.87. The van der Waals surface area contributed by atoms with Crippen LogP contribution in [0.1, 0.15) is 9.67 Å². The van der Waals surface area contributed by atoms with Crippen LogP contribution < -0.4 is 4.90 Å². The van der Waals surface area contributed by atoms with Crippen LogP contribution in [0.5, 0.6) is 0 Å². The van der Waals surface area contributed by atoms with Gasteiger partial charge in [0.2, 0.25) is 0 Å². The zero-order chi connectivity index (χ0) is 14.4. The smallest absolute Gasteiger partial charge is 0.264 e. The van der Waals surface area contributed by atoms with Crippen LogP contribution in [0.15, 0.2) is 30.3 Å². The molecule has 5 heteroatoms. The van der Waals surface area contributed by atoms with E-state index in [1.807, 2.05) is 4.90 Å². The van der Waals surface area contributed by atoms with Gasteiger partial charge >= 0.3 is 0 Å². The van der Waals surface area contributed by atoms with Crippen LogP contribution in [0, 0.1) is 0 Å². The number of benzene rings is 1. The van der Waals surface area contributed by atoms with Crippen molar-refractivity contribution in [3.8, 4) is 0 Å². The number of rotatable bonds is 1. The third kappa shape index (κ3) is 2.25. The summed E-state index contributed by atoms with van der Waals surface area (Å²) in [7, 11) is 2.19. The molecule has 1 aromatic carbocycles. The Morgan fingerprint density at radius 2 is 1.90 bits per heavy atom. The predicted molar refractivity (Wildman–Crippen MR) is 89.7 cm³/mol. The Morgan fingerprint density at radius 1 is 1.14 bits per heavy atom. The lowest BCUT2D eigenvalue weighted by molar-refractivity contribution is -0.883. The van der Waals surface area contributed by atoms with Gasteiger partial charge in [0.25, 0.3) is 5.91 Å². The second-order valence-corrected chi connectivity index (χ2v) is 7.79. The summed E-state index contributed by atoms with van der Waals surface area (Å²) in [5, 5.41) is 1.28. The first kappa shape index (κ1) is 13.2. The van der Waals surface area contributed by atoms with Crippen molar-refractivity contribution < 1.29 is 9.69 Å². The summed E-state index contributed by atoms with van der Waals surface area (Å²) in [4.78, 5) is 17.0. The summed E-state index contributed by atoms with van der Waals surface area (Å²) in [6.07, 6.45) is 0. The monoisotopic (exact) mass is 317 g/mol. The molecule has 1 N–H and O–H groups in total. The number of carbonyl (C=O) groups excluding carboxylic acids is 1. The fourth-order valence-electron chi connectivity index (χ4n) is 2.85. The van der Waals surface area contributed by atoms with E-state index < -0.39 is 0 Å². The number of nitrogens with zero attached hydrogens (tertiary/aromatic N) is 1. The molecule has 3 nitrogen and oxygen atoms in total. The molecule has 0 radical (unpaired) electrons. The number of amides is 1. The average Bonchev–Trinajstić information content (AvgIpc) is 3.05. The second kappa shape index (κ2) is 5.09. The van der Waals surface area contributed by atoms with Crippen LogP contribution in [0.25, 0.3) is 19.5 Å². The zero-order valence-corrected chi connectivity index (χ0v) is 13.5. The number of thiophene rings is 2. The van der Waals surface area contributed by atoms with Crippen LogP contribution in [-0.4, -0.2) is 44.0 Å². The fourth-order valence-corrected chi connectivity index (χ4v) is 5.35. The molecular formula is C16H17N2OS2+. The summed E-state index contributed by atoms with van der Waals surface area (Å²) in [6, 6.07) is 10.5. The van der Waals surface area contributed by atoms with E-state index in [9.17, 15) is 4.79 Å². The molecule has 1 amide bonds. The Kier molecular flexibility index (Phi) is 3.21. The Balaban J connectivity index is 1.69. The van der Waals surface area contributed by atoms with E-state index in [0.717, 1.165) is 31.1 Å². The molecule has 1 aliphatic heterocycles. The number of carbonyl (C=O) groups is 1. The highest BCUT2D eigenvalue weighted by atomic mass is 32.1. The minimum atomic E-state index is 0.208. The van der Waals surface area contributed by atoms with Gasteiger partial charge in [0, 0.05) is 14.8 Å². The molecule has 0 atom stereocenters. The predicted octanol–water partition coefficient (Wildman–Crippen LogP) is 2.09.